The summed E-state index contributed by atoms with van der Waals surface area (Å²) in [4.78, 5) is 5.54. The minimum absolute atomic E-state index is 0.0719. The molecule has 0 atom stereocenters. The Labute approximate surface area is 121 Å². The van der Waals surface area contributed by atoms with Crippen LogP contribution in [0.2, 0.25) is 0 Å². The largest absolute Gasteiger partial charge is 0.399 e. The number of aryl methyl sites for hydroxylation is 2. The van der Waals surface area contributed by atoms with Crippen LogP contribution in [0.5, 0.6) is 0 Å². The van der Waals surface area contributed by atoms with E-state index in [0.717, 1.165) is 25.0 Å². The van der Waals surface area contributed by atoms with Gasteiger partial charge in [0, 0.05) is 10.6 Å². The summed E-state index contributed by atoms with van der Waals surface area (Å²) in [7, 11) is -3.43. The molecule has 0 amide bonds. The van der Waals surface area contributed by atoms with Gasteiger partial charge in [0.05, 0.1) is 11.4 Å². The molecule has 2 aromatic rings. The molecule has 3 rings (SSSR count). The highest BCUT2D eigenvalue weighted by Gasteiger charge is 2.20. The minimum atomic E-state index is -3.43. The lowest BCUT2D eigenvalue weighted by Crippen LogP contribution is -2.15. The van der Waals surface area contributed by atoms with Crippen LogP contribution in [0.4, 0.5) is 10.8 Å². The Bertz CT molecular complexity index is 699. The van der Waals surface area contributed by atoms with Crippen molar-refractivity contribution in [3.63, 3.8) is 0 Å². The molecule has 1 aliphatic rings. The zero-order valence-electron chi connectivity index (χ0n) is 10.8. The van der Waals surface area contributed by atoms with Crippen LogP contribution in [0.3, 0.4) is 0 Å². The van der Waals surface area contributed by atoms with Gasteiger partial charge in [0.1, 0.15) is 0 Å². The maximum absolute atomic E-state index is 12.1. The molecular formula is C13H15N3O2S2. The number of sulfonamides is 1. The van der Waals surface area contributed by atoms with E-state index in [-0.39, 0.29) is 5.75 Å². The first-order valence-electron chi connectivity index (χ1n) is 6.35. The molecule has 0 saturated carbocycles. The number of nitrogens with one attached hydrogen (secondary N) is 1. The van der Waals surface area contributed by atoms with Crippen LogP contribution >= 0.6 is 11.3 Å². The molecule has 0 aliphatic heterocycles. The zero-order valence-corrected chi connectivity index (χ0v) is 12.4. The quantitative estimate of drug-likeness (QED) is 0.848. The second-order valence-corrected chi connectivity index (χ2v) is 7.65. The number of thiazole rings is 1. The summed E-state index contributed by atoms with van der Waals surface area (Å²) in [6.45, 7) is 0. The Morgan fingerprint density at radius 1 is 1.25 bits per heavy atom. The van der Waals surface area contributed by atoms with Gasteiger partial charge in [0.2, 0.25) is 10.0 Å². The number of nitrogens with two attached hydrogens (primary N) is 1. The van der Waals surface area contributed by atoms with Crippen LogP contribution in [0, 0.1) is 0 Å². The predicted octanol–water partition coefficient (Wildman–Crippen LogP) is 2.16. The molecule has 0 saturated heterocycles. The molecule has 106 valence electrons. The second kappa shape index (κ2) is 5.06. The minimum Gasteiger partial charge on any atom is -0.399 e. The molecule has 1 aliphatic carbocycles. The molecule has 0 radical (unpaired) electrons. The Hall–Kier alpha value is -1.60. The molecule has 7 heteroatoms. The van der Waals surface area contributed by atoms with Crippen molar-refractivity contribution in [3.8, 4) is 0 Å². The van der Waals surface area contributed by atoms with Gasteiger partial charge in [-0.05, 0) is 37.0 Å². The van der Waals surface area contributed by atoms with E-state index < -0.39 is 10.0 Å². The Morgan fingerprint density at radius 2 is 2.00 bits per heavy atom. The lowest BCUT2D eigenvalue weighted by Gasteiger charge is -2.05. The monoisotopic (exact) mass is 309 g/mol. The van der Waals surface area contributed by atoms with E-state index in [1.807, 2.05) is 0 Å². The molecule has 3 N–H and O–H groups in total. The van der Waals surface area contributed by atoms with E-state index >= 15 is 0 Å². The fourth-order valence-electron chi connectivity index (χ4n) is 2.24. The number of nitrogens with zero attached hydrogens (tertiary/aromatic N) is 1. The number of benzene rings is 1. The first-order chi connectivity index (χ1) is 9.52. The van der Waals surface area contributed by atoms with Crippen molar-refractivity contribution in [1.82, 2.24) is 4.98 Å². The Balaban J connectivity index is 1.73. The molecular weight excluding hydrogens is 294 g/mol. The molecule has 0 spiro atoms. The Kier molecular flexibility index (Phi) is 3.39. The standard InChI is InChI=1S/C13H15N3O2S2/c14-10-6-4-9(5-7-10)8-20(17,18)16-13-15-11-2-1-3-12(11)19-13/h4-7H,1-3,8,14H2,(H,15,16). The van der Waals surface area contributed by atoms with Crippen molar-refractivity contribution < 1.29 is 8.42 Å². The highest BCUT2D eigenvalue weighted by atomic mass is 32.2. The van der Waals surface area contributed by atoms with Crippen LogP contribution in [-0.2, 0) is 28.6 Å². The van der Waals surface area contributed by atoms with Crippen molar-refractivity contribution in [2.45, 2.75) is 25.0 Å². The molecule has 5 nitrogen and oxygen atoms in total. The van der Waals surface area contributed by atoms with Gasteiger partial charge in [-0.25, -0.2) is 13.4 Å². The lowest BCUT2D eigenvalue weighted by molar-refractivity contribution is 0.600. The van der Waals surface area contributed by atoms with Crippen LogP contribution in [0.15, 0.2) is 24.3 Å². The third kappa shape index (κ3) is 2.94. The van der Waals surface area contributed by atoms with E-state index in [9.17, 15) is 8.42 Å². The maximum atomic E-state index is 12.1. The van der Waals surface area contributed by atoms with Gasteiger partial charge in [-0.3, -0.25) is 4.72 Å². The number of rotatable bonds is 4. The summed E-state index contributed by atoms with van der Waals surface area (Å²) in [6.07, 6.45) is 3.07. The average molecular weight is 309 g/mol. The summed E-state index contributed by atoms with van der Waals surface area (Å²) in [5.74, 6) is -0.0719. The van der Waals surface area contributed by atoms with E-state index in [4.69, 9.17) is 5.73 Å². The van der Waals surface area contributed by atoms with Crippen molar-refractivity contribution in [2.24, 2.45) is 0 Å². The molecule has 0 unspecified atom stereocenters. The molecule has 0 bridgehead atoms. The molecule has 1 aromatic heterocycles. The SMILES string of the molecule is Nc1ccc(CS(=O)(=O)Nc2nc3c(s2)CCC3)cc1. The van der Waals surface area contributed by atoms with Crippen LogP contribution < -0.4 is 10.5 Å². The third-order valence-corrected chi connectivity index (χ3v) is 5.59. The second-order valence-electron chi connectivity index (χ2n) is 4.85. The molecule has 1 heterocycles. The summed E-state index contributed by atoms with van der Waals surface area (Å²) < 4.78 is 26.8. The normalized spacial score (nSPS) is 14.2. The predicted molar refractivity (Wildman–Crippen MR) is 81.2 cm³/mol. The average Bonchev–Trinajstić information content (AvgIpc) is 2.92. The van der Waals surface area contributed by atoms with Crippen molar-refractivity contribution in [2.75, 3.05) is 10.5 Å². The number of hydrogen-bond acceptors (Lipinski definition) is 5. The van der Waals surface area contributed by atoms with Gasteiger partial charge in [0.15, 0.2) is 5.13 Å². The fraction of sp³-hybridized carbons (Fsp3) is 0.308. The highest BCUT2D eigenvalue weighted by molar-refractivity contribution is 7.92. The molecule has 1 aromatic carbocycles. The van der Waals surface area contributed by atoms with Crippen LogP contribution in [0.1, 0.15) is 22.6 Å². The maximum Gasteiger partial charge on any atom is 0.238 e. The first-order valence-corrected chi connectivity index (χ1v) is 8.82. The van der Waals surface area contributed by atoms with Gasteiger partial charge in [0.25, 0.3) is 0 Å². The number of hydrogen-bond donors (Lipinski definition) is 2. The van der Waals surface area contributed by atoms with Crippen LogP contribution in [-0.4, -0.2) is 13.4 Å². The van der Waals surface area contributed by atoms with Crippen LogP contribution in [0.25, 0.3) is 0 Å². The number of fused-ring (bicyclic) bond motifs is 1. The van der Waals surface area contributed by atoms with E-state index in [1.165, 1.54) is 16.2 Å². The fourth-order valence-corrected chi connectivity index (χ4v) is 4.70. The Morgan fingerprint density at radius 3 is 2.70 bits per heavy atom. The summed E-state index contributed by atoms with van der Waals surface area (Å²) in [5.41, 5.74) is 7.95. The zero-order chi connectivity index (χ0) is 14.2. The van der Waals surface area contributed by atoms with Gasteiger partial charge < -0.3 is 5.73 Å². The lowest BCUT2D eigenvalue weighted by atomic mass is 10.2. The summed E-state index contributed by atoms with van der Waals surface area (Å²) in [6, 6.07) is 6.83. The number of anilines is 2. The summed E-state index contributed by atoms with van der Waals surface area (Å²) >= 11 is 1.44. The van der Waals surface area contributed by atoms with E-state index in [1.54, 1.807) is 24.3 Å². The molecule has 20 heavy (non-hydrogen) atoms. The van der Waals surface area contributed by atoms with Gasteiger partial charge >= 0.3 is 0 Å². The smallest absolute Gasteiger partial charge is 0.238 e. The first kappa shape index (κ1) is 13.4. The van der Waals surface area contributed by atoms with Crippen molar-refractivity contribution in [3.05, 3.63) is 40.4 Å². The highest BCUT2D eigenvalue weighted by Crippen LogP contribution is 2.31. The summed E-state index contributed by atoms with van der Waals surface area (Å²) in [5, 5.41) is 0.477. The van der Waals surface area contributed by atoms with Crippen molar-refractivity contribution >= 4 is 32.2 Å². The molecule has 0 fully saturated rings. The van der Waals surface area contributed by atoms with Gasteiger partial charge in [-0.1, -0.05) is 12.1 Å². The topological polar surface area (TPSA) is 85.1 Å². The number of aromatic nitrogens is 1. The van der Waals surface area contributed by atoms with Crippen molar-refractivity contribution in [1.29, 1.82) is 0 Å². The van der Waals surface area contributed by atoms with E-state index in [0.29, 0.717) is 16.4 Å². The van der Waals surface area contributed by atoms with Gasteiger partial charge in [-0.15, -0.1) is 11.3 Å². The third-order valence-electron chi connectivity index (χ3n) is 3.17. The van der Waals surface area contributed by atoms with E-state index in [2.05, 4.69) is 9.71 Å². The number of nitrogen functional groups attached to an aromatic ring is 1. The van der Waals surface area contributed by atoms with Gasteiger partial charge in [-0.2, -0.15) is 0 Å².